The van der Waals surface area contributed by atoms with Crippen LogP contribution in [0.3, 0.4) is 0 Å². The lowest BCUT2D eigenvalue weighted by Gasteiger charge is -2.32. The van der Waals surface area contributed by atoms with E-state index in [0.29, 0.717) is 18.5 Å². The Morgan fingerprint density at radius 2 is 1.83 bits per heavy atom. The highest BCUT2D eigenvalue weighted by Crippen LogP contribution is 2.26. The molecule has 36 heavy (non-hydrogen) atoms. The van der Waals surface area contributed by atoms with Gasteiger partial charge in [-0.25, -0.2) is 4.98 Å². The molecule has 1 fully saturated rings. The molecule has 8 nitrogen and oxygen atoms in total. The van der Waals surface area contributed by atoms with Crippen molar-refractivity contribution < 1.29 is 0 Å². The number of anilines is 2. The number of hydrogen-bond donors (Lipinski definition) is 2. The predicted molar refractivity (Wildman–Crippen MR) is 144 cm³/mol. The van der Waals surface area contributed by atoms with E-state index in [1.807, 2.05) is 29.2 Å². The first-order valence-corrected chi connectivity index (χ1v) is 13.2. The molecule has 6 rings (SSSR count). The number of hydrogen-bond acceptors (Lipinski definition) is 8. The van der Waals surface area contributed by atoms with Crippen LogP contribution in [-0.2, 0) is 13.1 Å². The molecule has 1 aromatic carbocycles. The van der Waals surface area contributed by atoms with Gasteiger partial charge in [0.25, 0.3) is 0 Å². The summed E-state index contributed by atoms with van der Waals surface area (Å²) in [5.41, 5.74) is 5.06. The topological polar surface area (TPSA) is 83.8 Å². The number of likely N-dealkylation sites (tertiary alicyclic amines) is 1. The maximum atomic E-state index is 4.90. The van der Waals surface area contributed by atoms with E-state index in [-0.39, 0.29) is 0 Å². The fraction of sp³-hybridized carbons (Fsp3) is 0.259. The smallest absolute Gasteiger partial charge is 0.227 e. The lowest BCUT2D eigenvalue weighted by molar-refractivity contribution is 0.211. The first-order chi connectivity index (χ1) is 17.8. The van der Waals surface area contributed by atoms with Crippen molar-refractivity contribution in [1.29, 1.82) is 0 Å². The molecule has 5 aromatic rings. The Morgan fingerprint density at radius 1 is 0.972 bits per heavy atom. The lowest BCUT2D eigenvalue weighted by Crippen LogP contribution is -2.39. The van der Waals surface area contributed by atoms with Crippen LogP contribution in [0.2, 0.25) is 0 Å². The molecule has 0 saturated carbocycles. The molecule has 0 unspecified atom stereocenters. The minimum atomic E-state index is 0.332. The predicted octanol–water partition coefficient (Wildman–Crippen LogP) is 4.96. The van der Waals surface area contributed by atoms with Gasteiger partial charge in [0.15, 0.2) is 17.0 Å². The van der Waals surface area contributed by atoms with E-state index in [1.54, 1.807) is 17.5 Å². The summed E-state index contributed by atoms with van der Waals surface area (Å²) in [5, 5.41) is 11.2. The number of fused-ring (bicyclic) bond motifs is 1. The minimum Gasteiger partial charge on any atom is -0.364 e. The van der Waals surface area contributed by atoms with Crippen molar-refractivity contribution >= 4 is 34.3 Å². The summed E-state index contributed by atoms with van der Waals surface area (Å²) in [6, 6.07) is 17.1. The second-order valence-electron chi connectivity index (χ2n) is 9.06. The monoisotopic (exact) mass is 496 g/mol. The van der Waals surface area contributed by atoms with Crippen molar-refractivity contribution in [2.45, 2.75) is 32.0 Å². The van der Waals surface area contributed by atoms with Gasteiger partial charge in [-0.1, -0.05) is 36.4 Å². The summed E-state index contributed by atoms with van der Waals surface area (Å²) in [4.78, 5) is 21.1. The van der Waals surface area contributed by atoms with Gasteiger partial charge in [-0.05, 0) is 41.5 Å². The van der Waals surface area contributed by atoms with Gasteiger partial charge in [-0.15, -0.1) is 0 Å². The summed E-state index contributed by atoms with van der Waals surface area (Å²) >= 11 is 1.66. The summed E-state index contributed by atoms with van der Waals surface area (Å²) in [5.74, 6) is 1.36. The number of imidazole rings is 1. The van der Waals surface area contributed by atoms with Crippen LogP contribution >= 0.6 is 11.3 Å². The molecule has 1 aliphatic rings. The normalized spacial score (nSPS) is 14.8. The maximum Gasteiger partial charge on any atom is 0.227 e. The average molecular weight is 497 g/mol. The van der Waals surface area contributed by atoms with Gasteiger partial charge < -0.3 is 10.6 Å². The summed E-state index contributed by atoms with van der Waals surface area (Å²) < 4.78 is 2.02. The molecule has 0 spiro atoms. The Balaban J connectivity index is 1.21. The van der Waals surface area contributed by atoms with Crippen LogP contribution in [0.1, 0.15) is 24.0 Å². The van der Waals surface area contributed by atoms with E-state index in [1.165, 1.54) is 5.56 Å². The molecule has 4 aromatic heterocycles. The Kier molecular flexibility index (Phi) is 6.56. The van der Waals surface area contributed by atoms with Crippen LogP contribution < -0.4 is 10.6 Å². The van der Waals surface area contributed by atoms with Crippen LogP contribution in [0.15, 0.2) is 78.0 Å². The van der Waals surface area contributed by atoms with E-state index >= 15 is 0 Å². The third-order valence-electron chi connectivity index (χ3n) is 6.53. The molecule has 0 bridgehead atoms. The molecule has 0 radical (unpaired) electrons. The van der Waals surface area contributed by atoms with Crippen LogP contribution in [-0.4, -0.2) is 48.5 Å². The number of pyridine rings is 1. The molecular weight excluding hydrogens is 468 g/mol. The maximum absolute atomic E-state index is 4.90. The average Bonchev–Trinajstić information content (AvgIpc) is 3.60. The zero-order valence-electron chi connectivity index (χ0n) is 19.9. The summed E-state index contributed by atoms with van der Waals surface area (Å²) in [6.07, 6.45) is 7.56. The number of aromatic nitrogens is 5. The second kappa shape index (κ2) is 10.4. The summed E-state index contributed by atoms with van der Waals surface area (Å²) in [7, 11) is 0. The Labute approximate surface area is 214 Å². The largest absolute Gasteiger partial charge is 0.364 e. The van der Waals surface area contributed by atoms with Gasteiger partial charge in [0.05, 0.1) is 5.69 Å². The lowest BCUT2D eigenvalue weighted by atomic mass is 10.0. The number of rotatable bonds is 8. The third kappa shape index (κ3) is 5.07. The Bertz CT molecular complexity index is 1390. The minimum absolute atomic E-state index is 0.332. The van der Waals surface area contributed by atoms with Gasteiger partial charge in [0.2, 0.25) is 5.95 Å². The van der Waals surface area contributed by atoms with E-state index in [4.69, 9.17) is 9.97 Å². The summed E-state index contributed by atoms with van der Waals surface area (Å²) in [6.45, 7) is 3.71. The van der Waals surface area contributed by atoms with Crippen molar-refractivity contribution in [2.24, 2.45) is 0 Å². The van der Waals surface area contributed by atoms with Crippen molar-refractivity contribution in [3.8, 4) is 5.69 Å². The third-order valence-corrected chi connectivity index (χ3v) is 7.20. The number of benzene rings is 1. The molecule has 1 saturated heterocycles. The van der Waals surface area contributed by atoms with Crippen molar-refractivity contribution in [3.63, 3.8) is 0 Å². The molecule has 2 N–H and O–H groups in total. The number of nitrogens with zero attached hydrogens (tertiary/aromatic N) is 6. The molecule has 0 atom stereocenters. The fourth-order valence-electron chi connectivity index (χ4n) is 4.62. The molecule has 0 amide bonds. The fourth-order valence-corrected chi connectivity index (χ4v) is 5.25. The molecule has 9 heteroatoms. The number of thiophene rings is 1. The zero-order chi connectivity index (χ0) is 24.2. The first kappa shape index (κ1) is 22.6. The quantitative estimate of drug-likeness (QED) is 0.314. The highest BCUT2D eigenvalue weighted by Gasteiger charge is 2.21. The SMILES string of the molecule is c1ccc(CN2CCC(Nc3nc(NCc4cccnc4)c4ncn(-c5ccsc5)c4n3)CC2)cc1. The molecular formula is C27H28N8S. The van der Waals surface area contributed by atoms with Crippen molar-refractivity contribution in [2.75, 3.05) is 23.7 Å². The highest BCUT2D eigenvalue weighted by molar-refractivity contribution is 7.08. The zero-order valence-corrected chi connectivity index (χ0v) is 20.7. The van der Waals surface area contributed by atoms with E-state index < -0.39 is 0 Å². The van der Waals surface area contributed by atoms with Crippen LogP contribution in [0.5, 0.6) is 0 Å². The number of nitrogens with one attached hydrogen (secondary N) is 2. The molecule has 5 heterocycles. The van der Waals surface area contributed by atoms with E-state index in [2.05, 4.69) is 72.7 Å². The number of piperidine rings is 1. The standard InChI is InChI=1S/C27H28N8S/c1-2-5-20(6-3-1)17-34-12-8-22(9-13-34)31-27-32-25(29-16-21-7-4-11-28-15-21)24-26(33-27)35(19-30-24)23-10-14-36-18-23/h1-7,10-11,14-15,18-19,22H,8-9,12-13,16-17H2,(H2,29,31,32,33). The van der Waals surface area contributed by atoms with Gasteiger partial charge in [-0.3, -0.25) is 14.5 Å². The van der Waals surface area contributed by atoms with Crippen molar-refractivity contribution in [3.05, 3.63) is 89.1 Å². The van der Waals surface area contributed by atoms with Crippen LogP contribution in [0.25, 0.3) is 16.9 Å². The van der Waals surface area contributed by atoms with Gasteiger partial charge in [-0.2, -0.15) is 21.3 Å². The van der Waals surface area contributed by atoms with E-state index in [9.17, 15) is 0 Å². The second-order valence-corrected chi connectivity index (χ2v) is 9.84. The van der Waals surface area contributed by atoms with Crippen LogP contribution in [0.4, 0.5) is 11.8 Å². The molecule has 182 valence electrons. The van der Waals surface area contributed by atoms with Crippen LogP contribution in [0, 0.1) is 0 Å². The Morgan fingerprint density at radius 3 is 2.61 bits per heavy atom. The van der Waals surface area contributed by atoms with Crippen molar-refractivity contribution in [1.82, 2.24) is 29.4 Å². The molecule has 0 aliphatic carbocycles. The van der Waals surface area contributed by atoms with Gasteiger partial charge in [0.1, 0.15) is 6.33 Å². The molecule has 1 aliphatic heterocycles. The van der Waals surface area contributed by atoms with E-state index in [0.717, 1.165) is 60.7 Å². The van der Waals surface area contributed by atoms with Gasteiger partial charge in [0, 0.05) is 50.0 Å². The highest BCUT2D eigenvalue weighted by atomic mass is 32.1. The Hall–Kier alpha value is -3.82. The first-order valence-electron chi connectivity index (χ1n) is 12.2. The van der Waals surface area contributed by atoms with Gasteiger partial charge >= 0.3 is 0 Å².